The van der Waals surface area contributed by atoms with Gasteiger partial charge >= 0.3 is 11.9 Å². The summed E-state index contributed by atoms with van der Waals surface area (Å²) in [6, 6.07) is 0. The number of allylic oxidation sites excluding steroid dienone is 2. The number of carbonyl (C=O) groups is 2. The highest BCUT2D eigenvalue weighted by Gasteiger charge is 2.74. The lowest BCUT2D eigenvalue weighted by Gasteiger charge is -2.13. The first-order chi connectivity index (χ1) is 7.69. The van der Waals surface area contributed by atoms with Crippen molar-refractivity contribution in [3.8, 4) is 0 Å². The normalized spacial score (nSPS) is 29.9. The van der Waals surface area contributed by atoms with E-state index < -0.39 is 17.4 Å². The summed E-state index contributed by atoms with van der Waals surface area (Å²) in [5.74, 6) is -0.886. The topological polar surface area (TPSA) is 52.6 Å². The molecule has 0 N–H and O–H groups in total. The van der Waals surface area contributed by atoms with Crippen molar-refractivity contribution in [1.82, 2.24) is 0 Å². The number of rotatable bonds is 2. The van der Waals surface area contributed by atoms with Gasteiger partial charge in [-0.1, -0.05) is 12.2 Å². The number of esters is 2. The summed E-state index contributed by atoms with van der Waals surface area (Å²) in [5.41, 5.74) is -1.06. The van der Waals surface area contributed by atoms with Crippen LogP contribution in [0.25, 0.3) is 0 Å². The SMILES string of the molecule is COC(=O)C1(C(=O)OC)C2C=CCCCC21. The molecule has 0 aliphatic heterocycles. The number of carbonyl (C=O) groups excluding carboxylic acids is 2. The standard InChI is InChI=1S/C12H16O4/c1-15-10(13)12(11(14)16-2)8-6-4-3-5-7-9(8)12/h4,6,8-9H,3,5,7H2,1-2H3. The van der Waals surface area contributed by atoms with Crippen molar-refractivity contribution in [2.45, 2.75) is 19.3 Å². The molecule has 0 aromatic carbocycles. The zero-order chi connectivity index (χ0) is 11.8. The Hall–Kier alpha value is -1.32. The van der Waals surface area contributed by atoms with Crippen LogP contribution in [0.1, 0.15) is 19.3 Å². The van der Waals surface area contributed by atoms with Crippen LogP contribution in [0.2, 0.25) is 0 Å². The molecule has 2 aliphatic rings. The molecule has 0 heterocycles. The van der Waals surface area contributed by atoms with Crippen molar-refractivity contribution in [3.05, 3.63) is 12.2 Å². The molecule has 0 saturated heterocycles. The van der Waals surface area contributed by atoms with Gasteiger partial charge in [0, 0.05) is 5.92 Å². The highest BCUT2D eigenvalue weighted by Crippen LogP contribution is 2.64. The summed E-state index contributed by atoms with van der Waals surface area (Å²) in [6.07, 6.45) is 6.91. The first-order valence-corrected chi connectivity index (χ1v) is 5.53. The minimum absolute atomic E-state index is 0.0325. The molecule has 4 heteroatoms. The fourth-order valence-electron chi connectivity index (χ4n) is 2.88. The molecule has 4 nitrogen and oxygen atoms in total. The summed E-state index contributed by atoms with van der Waals surface area (Å²) in [4.78, 5) is 23.6. The van der Waals surface area contributed by atoms with E-state index in [0.29, 0.717) is 0 Å². The molecule has 2 rings (SSSR count). The number of ether oxygens (including phenoxy) is 2. The Labute approximate surface area is 94.6 Å². The quantitative estimate of drug-likeness (QED) is 0.403. The highest BCUT2D eigenvalue weighted by molar-refractivity contribution is 6.05. The lowest BCUT2D eigenvalue weighted by Crippen LogP contribution is -2.32. The molecule has 16 heavy (non-hydrogen) atoms. The second-order valence-electron chi connectivity index (χ2n) is 4.34. The Kier molecular flexibility index (Phi) is 2.74. The predicted octanol–water partition coefficient (Wildman–Crippen LogP) is 1.30. The predicted molar refractivity (Wildman–Crippen MR) is 56.4 cm³/mol. The van der Waals surface area contributed by atoms with Crippen molar-refractivity contribution in [2.75, 3.05) is 14.2 Å². The first kappa shape index (κ1) is 11.2. The molecule has 1 saturated carbocycles. The Balaban J connectivity index is 2.32. The van der Waals surface area contributed by atoms with Crippen LogP contribution < -0.4 is 0 Å². The van der Waals surface area contributed by atoms with Crippen LogP contribution in [-0.2, 0) is 19.1 Å². The van der Waals surface area contributed by atoms with Gasteiger partial charge in [0.05, 0.1) is 14.2 Å². The van der Waals surface area contributed by atoms with Crippen molar-refractivity contribution in [3.63, 3.8) is 0 Å². The van der Waals surface area contributed by atoms with Crippen LogP contribution in [0.4, 0.5) is 0 Å². The third-order valence-corrected chi connectivity index (χ3v) is 3.71. The van der Waals surface area contributed by atoms with Crippen molar-refractivity contribution in [1.29, 1.82) is 0 Å². The van der Waals surface area contributed by atoms with E-state index in [1.165, 1.54) is 14.2 Å². The van der Waals surface area contributed by atoms with Gasteiger partial charge in [-0.15, -0.1) is 0 Å². The lowest BCUT2D eigenvalue weighted by molar-refractivity contribution is -0.162. The van der Waals surface area contributed by atoms with Crippen molar-refractivity contribution < 1.29 is 19.1 Å². The molecular formula is C12H16O4. The average Bonchev–Trinajstić information content (AvgIpc) is 2.99. The molecule has 2 atom stereocenters. The maximum atomic E-state index is 11.8. The van der Waals surface area contributed by atoms with E-state index in [2.05, 4.69) is 0 Å². The zero-order valence-electron chi connectivity index (χ0n) is 9.56. The summed E-state index contributed by atoms with van der Waals surface area (Å²) < 4.78 is 9.52. The van der Waals surface area contributed by atoms with Crippen molar-refractivity contribution >= 4 is 11.9 Å². The van der Waals surface area contributed by atoms with Gasteiger partial charge in [0.1, 0.15) is 0 Å². The smallest absolute Gasteiger partial charge is 0.324 e. The first-order valence-electron chi connectivity index (χ1n) is 5.53. The summed E-state index contributed by atoms with van der Waals surface area (Å²) in [5, 5.41) is 0. The Bertz CT molecular complexity index is 329. The number of hydrogen-bond acceptors (Lipinski definition) is 4. The van der Waals surface area contributed by atoms with Crippen LogP contribution in [0.15, 0.2) is 12.2 Å². The third-order valence-electron chi connectivity index (χ3n) is 3.71. The molecule has 1 fully saturated rings. The Morgan fingerprint density at radius 2 is 1.88 bits per heavy atom. The fraction of sp³-hybridized carbons (Fsp3) is 0.667. The minimum Gasteiger partial charge on any atom is -0.468 e. The van der Waals surface area contributed by atoms with E-state index in [1.54, 1.807) is 0 Å². The van der Waals surface area contributed by atoms with Gasteiger partial charge in [-0.2, -0.15) is 0 Å². The molecule has 0 aromatic rings. The molecule has 0 spiro atoms. The van der Waals surface area contributed by atoms with Gasteiger partial charge in [-0.3, -0.25) is 9.59 Å². The van der Waals surface area contributed by atoms with Gasteiger partial charge in [-0.05, 0) is 25.2 Å². The molecule has 0 amide bonds. The molecule has 2 unspecified atom stereocenters. The summed E-state index contributed by atoms with van der Waals surface area (Å²) >= 11 is 0. The Morgan fingerprint density at radius 3 is 2.44 bits per heavy atom. The van der Waals surface area contributed by atoms with Crippen LogP contribution in [0.3, 0.4) is 0 Å². The van der Waals surface area contributed by atoms with Gasteiger partial charge in [0.15, 0.2) is 5.41 Å². The number of methoxy groups -OCH3 is 2. The maximum absolute atomic E-state index is 11.8. The van der Waals surface area contributed by atoms with Gasteiger partial charge in [-0.25, -0.2) is 0 Å². The minimum atomic E-state index is -1.06. The Morgan fingerprint density at radius 1 is 1.25 bits per heavy atom. The number of hydrogen-bond donors (Lipinski definition) is 0. The van der Waals surface area contributed by atoms with Gasteiger partial charge < -0.3 is 9.47 Å². The number of fused-ring (bicyclic) bond motifs is 1. The van der Waals surface area contributed by atoms with Crippen LogP contribution >= 0.6 is 0 Å². The molecular weight excluding hydrogens is 208 g/mol. The van der Waals surface area contributed by atoms with Crippen molar-refractivity contribution in [2.24, 2.45) is 17.3 Å². The highest BCUT2D eigenvalue weighted by atomic mass is 16.5. The fourth-order valence-corrected chi connectivity index (χ4v) is 2.88. The average molecular weight is 224 g/mol. The van der Waals surface area contributed by atoms with E-state index >= 15 is 0 Å². The molecule has 2 aliphatic carbocycles. The van der Waals surface area contributed by atoms with E-state index in [-0.39, 0.29) is 11.8 Å². The largest absolute Gasteiger partial charge is 0.468 e. The van der Waals surface area contributed by atoms with Gasteiger partial charge in [0.2, 0.25) is 0 Å². The lowest BCUT2D eigenvalue weighted by atomic mass is 9.98. The monoisotopic (exact) mass is 224 g/mol. The summed E-state index contributed by atoms with van der Waals surface area (Å²) in [7, 11) is 2.63. The van der Waals surface area contributed by atoms with Gasteiger partial charge in [0.25, 0.3) is 0 Å². The van der Waals surface area contributed by atoms with E-state index in [0.717, 1.165) is 19.3 Å². The molecule has 88 valence electrons. The molecule has 0 radical (unpaired) electrons. The summed E-state index contributed by atoms with van der Waals surface area (Å²) in [6.45, 7) is 0. The van der Waals surface area contributed by atoms with E-state index in [4.69, 9.17) is 9.47 Å². The van der Waals surface area contributed by atoms with E-state index in [1.807, 2.05) is 12.2 Å². The van der Waals surface area contributed by atoms with Crippen LogP contribution in [0, 0.1) is 17.3 Å². The second kappa shape index (κ2) is 3.92. The zero-order valence-corrected chi connectivity index (χ0v) is 9.56. The van der Waals surface area contributed by atoms with Crippen LogP contribution in [0.5, 0.6) is 0 Å². The maximum Gasteiger partial charge on any atom is 0.324 e. The molecule has 0 aromatic heterocycles. The second-order valence-corrected chi connectivity index (χ2v) is 4.34. The molecule has 0 bridgehead atoms. The van der Waals surface area contributed by atoms with E-state index in [9.17, 15) is 9.59 Å². The van der Waals surface area contributed by atoms with Crippen LogP contribution in [-0.4, -0.2) is 26.2 Å². The third kappa shape index (κ3) is 1.29.